The van der Waals surface area contributed by atoms with E-state index in [1.807, 2.05) is 19.9 Å². The van der Waals surface area contributed by atoms with Crippen LogP contribution in [0.3, 0.4) is 0 Å². The quantitative estimate of drug-likeness (QED) is 0.700. The molecule has 0 amide bonds. The van der Waals surface area contributed by atoms with E-state index in [0.29, 0.717) is 22.6 Å². The third kappa shape index (κ3) is 2.54. The number of phenolic OH excluding ortho intramolecular Hbond substituents is 2. The van der Waals surface area contributed by atoms with Gasteiger partial charge in [-0.2, -0.15) is 0 Å². The lowest BCUT2D eigenvalue weighted by Crippen LogP contribution is -2.27. The summed E-state index contributed by atoms with van der Waals surface area (Å²) in [4.78, 5) is 12.5. The highest BCUT2D eigenvalue weighted by Gasteiger charge is 2.26. The second-order valence-corrected chi connectivity index (χ2v) is 6.57. The Morgan fingerprint density at radius 2 is 1.76 bits per heavy atom. The van der Waals surface area contributed by atoms with E-state index >= 15 is 0 Å². The number of fused-ring (bicyclic) bond motifs is 2. The molecule has 0 fully saturated rings. The number of ether oxygens (including phenoxy) is 1. The van der Waals surface area contributed by atoms with Crippen molar-refractivity contribution in [2.24, 2.45) is 0 Å². The van der Waals surface area contributed by atoms with Crippen LogP contribution in [0.25, 0.3) is 28.4 Å². The molecule has 0 unspecified atom stereocenters. The third-order valence-corrected chi connectivity index (χ3v) is 4.17. The molecule has 2 aromatic carbocycles. The molecule has 0 spiro atoms. The summed E-state index contributed by atoms with van der Waals surface area (Å²) < 4.78 is 11.7. The SMILES string of the molecule is CC1(C)C=Cc2c(cc3oc(-c4ccc(O)cc4)cc(=O)c3c2O)O1. The summed E-state index contributed by atoms with van der Waals surface area (Å²) >= 11 is 0. The Kier molecular flexibility index (Phi) is 3.15. The lowest BCUT2D eigenvalue weighted by molar-refractivity contribution is 0.158. The molecule has 0 atom stereocenters. The van der Waals surface area contributed by atoms with Crippen molar-refractivity contribution in [1.82, 2.24) is 0 Å². The van der Waals surface area contributed by atoms with E-state index in [9.17, 15) is 15.0 Å². The minimum atomic E-state index is -0.512. The van der Waals surface area contributed by atoms with Crippen LogP contribution in [0.4, 0.5) is 0 Å². The Morgan fingerprint density at radius 3 is 2.48 bits per heavy atom. The number of hydrogen-bond donors (Lipinski definition) is 2. The Hall–Kier alpha value is -3.21. The Balaban J connectivity index is 1.97. The zero-order chi connectivity index (χ0) is 17.8. The normalized spacial score (nSPS) is 15.0. The summed E-state index contributed by atoms with van der Waals surface area (Å²) in [5, 5.41) is 20.0. The summed E-state index contributed by atoms with van der Waals surface area (Å²) in [7, 11) is 0. The third-order valence-electron chi connectivity index (χ3n) is 4.17. The number of hydrogen-bond acceptors (Lipinski definition) is 5. The molecule has 1 aliphatic heterocycles. The number of rotatable bonds is 1. The van der Waals surface area contributed by atoms with Crippen LogP contribution in [-0.2, 0) is 0 Å². The second kappa shape index (κ2) is 5.14. The van der Waals surface area contributed by atoms with Gasteiger partial charge in [0.1, 0.15) is 39.6 Å². The first-order valence-corrected chi connectivity index (χ1v) is 7.85. The number of benzene rings is 2. The van der Waals surface area contributed by atoms with Gasteiger partial charge in [-0.25, -0.2) is 0 Å². The van der Waals surface area contributed by atoms with Crippen LogP contribution in [-0.4, -0.2) is 15.8 Å². The van der Waals surface area contributed by atoms with Gasteiger partial charge in [-0.05, 0) is 50.3 Å². The van der Waals surface area contributed by atoms with E-state index < -0.39 is 5.60 Å². The molecule has 0 saturated carbocycles. The maximum atomic E-state index is 12.5. The number of aromatic hydroxyl groups is 2. The summed E-state index contributed by atoms with van der Waals surface area (Å²) in [6.07, 6.45) is 3.58. The zero-order valence-electron chi connectivity index (χ0n) is 13.7. The lowest BCUT2D eigenvalue weighted by Gasteiger charge is -2.28. The minimum absolute atomic E-state index is 0.120. The van der Waals surface area contributed by atoms with Gasteiger partial charge in [0.25, 0.3) is 0 Å². The molecule has 5 nitrogen and oxygen atoms in total. The topological polar surface area (TPSA) is 79.9 Å². The van der Waals surface area contributed by atoms with Gasteiger partial charge in [0, 0.05) is 17.7 Å². The van der Waals surface area contributed by atoms with Crippen LogP contribution >= 0.6 is 0 Å². The van der Waals surface area contributed by atoms with Crippen LogP contribution in [0.1, 0.15) is 19.4 Å². The standard InChI is InChI=1S/C20H16O5/c1-20(2)8-7-13-16(25-20)10-17-18(19(13)23)14(22)9-15(24-17)11-3-5-12(21)6-4-11/h3-10,21,23H,1-2H3. The van der Waals surface area contributed by atoms with Gasteiger partial charge in [-0.15, -0.1) is 0 Å². The fraction of sp³-hybridized carbons (Fsp3) is 0.150. The molecule has 1 aliphatic rings. The van der Waals surface area contributed by atoms with Crippen molar-refractivity contribution >= 4 is 17.0 Å². The van der Waals surface area contributed by atoms with Gasteiger partial charge in [0.15, 0.2) is 5.43 Å². The largest absolute Gasteiger partial charge is 0.508 e. The molecule has 2 heterocycles. The molecule has 2 N–H and O–H groups in total. The van der Waals surface area contributed by atoms with Crippen molar-refractivity contribution < 1.29 is 19.4 Å². The summed E-state index contributed by atoms with van der Waals surface area (Å²) in [6, 6.07) is 9.29. The summed E-state index contributed by atoms with van der Waals surface area (Å²) in [5.74, 6) is 0.789. The molecule has 1 aromatic heterocycles. The van der Waals surface area contributed by atoms with E-state index in [2.05, 4.69) is 0 Å². The van der Waals surface area contributed by atoms with Crippen molar-refractivity contribution in [3.05, 3.63) is 58.3 Å². The van der Waals surface area contributed by atoms with Gasteiger partial charge in [0.2, 0.25) is 0 Å². The molecular weight excluding hydrogens is 320 g/mol. The van der Waals surface area contributed by atoms with E-state index in [1.54, 1.807) is 24.3 Å². The lowest BCUT2D eigenvalue weighted by atomic mass is 9.99. The molecular formula is C20H16O5. The average molecular weight is 336 g/mol. The first-order chi connectivity index (χ1) is 11.8. The van der Waals surface area contributed by atoms with Gasteiger partial charge in [0.05, 0.1) is 5.56 Å². The van der Waals surface area contributed by atoms with Crippen LogP contribution in [0.5, 0.6) is 17.2 Å². The van der Waals surface area contributed by atoms with Crippen LogP contribution in [0.15, 0.2) is 51.7 Å². The maximum Gasteiger partial charge on any atom is 0.197 e. The minimum Gasteiger partial charge on any atom is -0.508 e. The Bertz CT molecular complexity index is 1070. The monoisotopic (exact) mass is 336 g/mol. The van der Waals surface area contributed by atoms with Crippen LogP contribution < -0.4 is 10.2 Å². The smallest absolute Gasteiger partial charge is 0.197 e. The van der Waals surface area contributed by atoms with Gasteiger partial charge in [-0.3, -0.25) is 4.79 Å². The highest BCUT2D eigenvalue weighted by molar-refractivity contribution is 5.91. The Labute approximate surface area is 143 Å². The predicted octanol–water partition coefficient (Wildman–Crippen LogP) is 4.06. The summed E-state index contributed by atoms with van der Waals surface area (Å²) in [6.45, 7) is 3.80. The highest BCUT2D eigenvalue weighted by Crippen LogP contribution is 2.41. The molecule has 3 aromatic rings. The first kappa shape index (κ1) is 15.3. The van der Waals surface area contributed by atoms with Crippen molar-refractivity contribution in [2.75, 3.05) is 0 Å². The maximum absolute atomic E-state index is 12.5. The van der Waals surface area contributed by atoms with Crippen LogP contribution in [0.2, 0.25) is 0 Å². The number of phenols is 2. The van der Waals surface area contributed by atoms with E-state index in [-0.39, 0.29) is 27.9 Å². The predicted molar refractivity (Wildman–Crippen MR) is 95.0 cm³/mol. The van der Waals surface area contributed by atoms with E-state index in [4.69, 9.17) is 9.15 Å². The molecule has 0 saturated heterocycles. The van der Waals surface area contributed by atoms with Crippen molar-refractivity contribution in [3.8, 4) is 28.6 Å². The van der Waals surface area contributed by atoms with Crippen molar-refractivity contribution in [3.63, 3.8) is 0 Å². The van der Waals surface area contributed by atoms with Crippen LogP contribution in [0, 0.1) is 0 Å². The van der Waals surface area contributed by atoms with Crippen molar-refractivity contribution in [2.45, 2.75) is 19.4 Å². The fourth-order valence-electron chi connectivity index (χ4n) is 2.91. The first-order valence-electron chi connectivity index (χ1n) is 7.85. The molecule has 4 rings (SSSR count). The van der Waals surface area contributed by atoms with Gasteiger partial charge in [-0.1, -0.05) is 0 Å². The van der Waals surface area contributed by atoms with Crippen molar-refractivity contribution in [1.29, 1.82) is 0 Å². The highest BCUT2D eigenvalue weighted by atomic mass is 16.5. The van der Waals surface area contributed by atoms with Gasteiger partial charge >= 0.3 is 0 Å². The molecule has 0 aliphatic carbocycles. The van der Waals surface area contributed by atoms with Gasteiger partial charge < -0.3 is 19.4 Å². The molecule has 0 radical (unpaired) electrons. The molecule has 126 valence electrons. The van der Waals surface area contributed by atoms with E-state index in [1.165, 1.54) is 18.2 Å². The molecule has 5 heteroatoms. The molecule has 25 heavy (non-hydrogen) atoms. The molecule has 0 bridgehead atoms. The zero-order valence-corrected chi connectivity index (χ0v) is 13.7. The summed E-state index contributed by atoms with van der Waals surface area (Å²) in [5.41, 5.74) is 0.509. The second-order valence-electron chi connectivity index (χ2n) is 6.57. The fourth-order valence-corrected chi connectivity index (χ4v) is 2.91. The average Bonchev–Trinajstić information content (AvgIpc) is 2.53. The Morgan fingerprint density at radius 1 is 1.04 bits per heavy atom. The van der Waals surface area contributed by atoms with E-state index in [0.717, 1.165) is 0 Å².